The van der Waals surface area contributed by atoms with Gasteiger partial charge in [0, 0.05) is 5.39 Å². The van der Waals surface area contributed by atoms with Crippen LogP contribution in [0.2, 0.25) is 0 Å². The minimum Gasteiger partial charge on any atom is -0.197 e. The van der Waals surface area contributed by atoms with E-state index in [1.165, 1.54) is 5.39 Å². The van der Waals surface area contributed by atoms with Gasteiger partial charge in [-0.05, 0) is 12.0 Å². The zero-order valence-electron chi connectivity index (χ0n) is 7.66. The van der Waals surface area contributed by atoms with E-state index in [2.05, 4.69) is 47.2 Å². The van der Waals surface area contributed by atoms with Crippen LogP contribution in [0.25, 0.3) is 10.9 Å². The molecule has 0 saturated heterocycles. The average Bonchev–Trinajstić information content (AvgIpc) is 2.45. The smallest absolute Gasteiger partial charge is 0.0816 e. The molecule has 2 rings (SSSR count). The van der Waals surface area contributed by atoms with Gasteiger partial charge in [0.1, 0.15) is 0 Å². The topological polar surface area (TPSA) is 17.8 Å². The Morgan fingerprint density at radius 2 is 2.00 bits per heavy atom. The molecule has 0 radical (unpaired) electrons. The molecule has 2 aromatic rings. The van der Waals surface area contributed by atoms with E-state index in [0.717, 1.165) is 11.2 Å². The van der Waals surface area contributed by atoms with E-state index in [1.807, 2.05) is 12.1 Å². The van der Waals surface area contributed by atoms with Crippen molar-refractivity contribution in [2.45, 2.75) is 19.8 Å². The number of nitrogens with zero attached hydrogens (tertiary/aromatic N) is 2. The lowest BCUT2D eigenvalue weighted by atomic mass is 10.1. The Morgan fingerprint density at radius 3 is 2.69 bits per heavy atom. The molecule has 0 N–H and O–H groups in total. The van der Waals surface area contributed by atoms with Gasteiger partial charge in [-0.15, -0.1) is 0 Å². The lowest BCUT2D eigenvalue weighted by Gasteiger charge is -1.98. The lowest BCUT2D eigenvalue weighted by Crippen LogP contribution is -1.89. The van der Waals surface area contributed by atoms with Crippen molar-refractivity contribution in [3.63, 3.8) is 0 Å². The summed E-state index contributed by atoms with van der Waals surface area (Å²) in [6.45, 7) is 4.31. The van der Waals surface area contributed by atoms with E-state index in [4.69, 9.17) is 0 Å². The number of aromatic nitrogens is 2. The van der Waals surface area contributed by atoms with Crippen molar-refractivity contribution in [3.05, 3.63) is 30.0 Å². The van der Waals surface area contributed by atoms with Crippen LogP contribution in [-0.4, -0.2) is 8.81 Å². The van der Waals surface area contributed by atoms with Crippen LogP contribution < -0.4 is 0 Å². The fourth-order valence-electron chi connectivity index (χ4n) is 1.48. The molecule has 0 spiro atoms. The van der Waals surface area contributed by atoms with Crippen molar-refractivity contribution in [1.82, 2.24) is 8.81 Å². The summed E-state index contributed by atoms with van der Waals surface area (Å²) in [5.41, 5.74) is 2.28. The van der Waals surface area contributed by atoms with E-state index in [1.54, 1.807) is 3.71 Å². The van der Waals surface area contributed by atoms with Crippen molar-refractivity contribution in [2.24, 2.45) is 0 Å². The van der Waals surface area contributed by atoms with Gasteiger partial charge in [0.2, 0.25) is 0 Å². The summed E-state index contributed by atoms with van der Waals surface area (Å²) in [5, 5.41) is 5.65. The number of para-hydroxylation sites is 1. The summed E-state index contributed by atoms with van der Waals surface area (Å²) in [7, 11) is 0. The van der Waals surface area contributed by atoms with E-state index >= 15 is 0 Å². The maximum atomic E-state index is 4.42. The molecule has 0 aliphatic heterocycles. The highest BCUT2D eigenvalue weighted by atomic mass is 79.9. The summed E-state index contributed by atoms with van der Waals surface area (Å²) < 4.78 is 1.76. The normalized spacial score (nSPS) is 11.4. The van der Waals surface area contributed by atoms with Gasteiger partial charge in [-0.2, -0.15) is 8.81 Å². The molecular weight excluding hydrogens is 228 g/mol. The van der Waals surface area contributed by atoms with Crippen molar-refractivity contribution in [1.29, 1.82) is 0 Å². The second-order valence-corrected chi connectivity index (χ2v) is 4.09. The fraction of sp³-hybridized carbons (Fsp3) is 0.300. The Morgan fingerprint density at radius 1 is 1.31 bits per heavy atom. The first-order chi connectivity index (χ1) is 6.20. The first-order valence-electron chi connectivity index (χ1n) is 4.34. The predicted octanol–water partition coefficient (Wildman–Crippen LogP) is 3.32. The molecule has 0 amide bonds. The minimum absolute atomic E-state index is 0.462. The highest BCUT2D eigenvalue weighted by Crippen LogP contribution is 2.25. The number of hydrogen-bond acceptors (Lipinski definition) is 1. The van der Waals surface area contributed by atoms with E-state index in [0.29, 0.717) is 5.92 Å². The van der Waals surface area contributed by atoms with Gasteiger partial charge >= 0.3 is 0 Å². The molecule has 2 nitrogen and oxygen atoms in total. The predicted molar refractivity (Wildman–Crippen MR) is 58.1 cm³/mol. The highest BCUT2D eigenvalue weighted by molar-refractivity contribution is 9.08. The molecule has 1 aromatic heterocycles. The Balaban J connectivity index is 2.78. The number of rotatable bonds is 1. The molecule has 0 bridgehead atoms. The molecule has 0 saturated carbocycles. The first kappa shape index (κ1) is 8.75. The van der Waals surface area contributed by atoms with Crippen LogP contribution in [-0.2, 0) is 0 Å². The molecule has 0 atom stereocenters. The minimum atomic E-state index is 0.462. The van der Waals surface area contributed by atoms with Crippen molar-refractivity contribution in [2.75, 3.05) is 0 Å². The molecule has 0 aliphatic rings. The van der Waals surface area contributed by atoms with E-state index in [9.17, 15) is 0 Å². The third kappa shape index (κ3) is 1.37. The van der Waals surface area contributed by atoms with Crippen LogP contribution in [0, 0.1) is 0 Å². The summed E-state index contributed by atoms with van der Waals surface area (Å²) in [4.78, 5) is 0. The molecule has 0 unspecified atom stereocenters. The SMILES string of the molecule is CC(C)c1nn(Br)c2ccccc12. The molecule has 0 fully saturated rings. The molecule has 1 heterocycles. The van der Waals surface area contributed by atoms with Gasteiger partial charge in [-0.3, -0.25) is 0 Å². The summed E-state index contributed by atoms with van der Waals surface area (Å²) >= 11 is 3.39. The molecular formula is C10H11BrN2. The second-order valence-electron chi connectivity index (χ2n) is 3.42. The van der Waals surface area contributed by atoms with Crippen molar-refractivity contribution >= 4 is 27.1 Å². The Labute approximate surface area is 85.9 Å². The number of hydrogen-bond donors (Lipinski definition) is 0. The third-order valence-electron chi connectivity index (χ3n) is 2.12. The van der Waals surface area contributed by atoms with Gasteiger partial charge in [-0.25, -0.2) is 0 Å². The Kier molecular flexibility index (Phi) is 2.12. The van der Waals surface area contributed by atoms with Crippen LogP contribution in [0.15, 0.2) is 24.3 Å². The van der Waals surface area contributed by atoms with Gasteiger partial charge in [0.15, 0.2) is 0 Å². The maximum absolute atomic E-state index is 4.42. The zero-order chi connectivity index (χ0) is 9.42. The summed E-state index contributed by atoms with van der Waals surface area (Å²) in [5.74, 6) is 0.462. The Hall–Kier alpha value is -0.830. The lowest BCUT2D eigenvalue weighted by molar-refractivity contribution is 0.810. The third-order valence-corrected chi connectivity index (χ3v) is 2.66. The molecule has 13 heavy (non-hydrogen) atoms. The molecule has 3 heteroatoms. The van der Waals surface area contributed by atoms with E-state index < -0.39 is 0 Å². The second kappa shape index (κ2) is 3.14. The van der Waals surface area contributed by atoms with Gasteiger partial charge < -0.3 is 0 Å². The van der Waals surface area contributed by atoms with Crippen LogP contribution in [0.3, 0.4) is 0 Å². The van der Waals surface area contributed by atoms with Crippen LogP contribution in [0.1, 0.15) is 25.5 Å². The van der Waals surface area contributed by atoms with Gasteiger partial charge in [0.05, 0.1) is 27.4 Å². The average molecular weight is 239 g/mol. The van der Waals surface area contributed by atoms with Crippen LogP contribution in [0.4, 0.5) is 0 Å². The summed E-state index contributed by atoms with van der Waals surface area (Å²) in [6.07, 6.45) is 0. The molecule has 1 aromatic carbocycles. The largest absolute Gasteiger partial charge is 0.197 e. The number of benzene rings is 1. The maximum Gasteiger partial charge on any atom is 0.0816 e. The first-order valence-corrected chi connectivity index (χ1v) is 5.05. The van der Waals surface area contributed by atoms with Crippen molar-refractivity contribution < 1.29 is 0 Å². The fourth-order valence-corrected chi connectivity index (χ4v) is 1.96. The summed E-state index contributed by atoms with van der Waals surface area (Å²) in [6, 6.07) is 8.23. The van der Waals surface area contributed by atoms with Crippen LogP contribution >= 0.6 is 16.1 Å². The quantitative estimate of drug-likeness (QED) is 0.746. The zero-order valence-corrected chi connectivity index (χ0v) is 9.25. The van der Waals surface area contributed by atoms with E-state index in [-0.39, 0.29) is 0 Å². The monoisotopic (exact) mass is 238 g/mol. The standard InChI is InChI=1S/C10H11BrN2/c1-7(2)10-8-5-3-4-6-9(8)13(11)12-10/h3-7H,1-2H3. The van der Waals surface area contributed by atoms with Crippen LogP contribution in [0.5, 0.6) is 0 Å². The number of fused-ring (bicyclic) bond motifs is 1. The number of halogens is 1. The van der Waals surface area contributed by atoms with Gasteiger partial charge in [-0.1, -0.05) is 32.0 Å². The highest BCUT2D eigenvalue weighted by Gasteiger charge is 2.10. The molecule has 0 aliphatic carbocycles. The van der Waals surface area contributed by atoms with Crippen molar-refractivity contribution in [3.8, 4) is 0 Å². The Bertz CT molecular complexity index is 431. The molecule has 68 valence electrons. The van der Waals surface area contributed by atoms with Gasteiger partial charge in [0.25, 0.3) is 0 Å².